The van der Waals surface area contributed by atoms with Crippen LogP contribution in [0.25, 0.3) is 11.0 Å². The van der Waals surface area contributed by atoms with Gasteiger partial charge in [-0.1, -0.05) is 30.3 Å². The number of hydrogen-bond donors (Lipinski definition) is 1. The van der Waals surface area contributed by atoms with Gasteiger partial charge in [-0.25, -0.2) is 4.98 Å². The maximum absolute atomic E-state index is 12.0. The number of nitrogens with one attached hydrogen (secondary N) is 1. The van der Waals surface area contributed by atoms with E-state index in [0.717, 1.165) is 22.5 Å². The van der Waals surface area contributed by atoms with Gasteiger partial charge >= 0.3 is 0 Å². The van der Waals surface area contributed by atoms with Gasteiger partial charge in [0.1, 0.15) is 5.75 Å². The third-order valence-electron chi connectivity index (χ3n) is 3.51. The third-order valence-corrected chi connectivity index (χ3v) is 4.43. The summed E-state index contributed by atoms with van der Waals surface area (Å²) in [5.74, 6) is 2.49. The molecule has 6 heteroatoms. The zero-order valence-corrected chi connectivity index (χ0v) is 14.3. The number of aryl methyl sites for hydroxylation is 1. The molecule has 2 aromatic carbocycles. The first-order valence-corrected chi connectivity index (χ1v) is 8.86. The number of rotatable bonds is 7. The van der Waals surface area contributed by atoms with Crippen LogP contribution in [0.2, 0.25) is 0 Å². The number of hydrogen-bond acceptors (Lipinski definition) is 4. The first-order chi connectivity index (χ1) is 11.7. The topological polar surface area (TPSA) is 56.2 Å². The smallest absolute Gasteiger partial charge is 0.236 e. The number of nitrogens with zero attached hydrogens (tertiary/aromatic N) is 2. The van der Waals surface area contributed by atoms with Gasteiger partial charge in [0.05, 0.1) is 23.4 Å². The van der Waals surface area contributed by atoms with Crippen LogP contribution in [0.1, 0.15) is 0 Å². The number of anilines is 1. The lowest BCUT2D eigenvalue weighted by atomic mass is 10.3. The summed E-state index contributed by atoms with van der Waals surface area (Å²) >= 11 is 1.54. The number of aromatic nitrogens is 2. The van der Waals surface area contributed by atoms with E-state index >= 15 is 0 Å². The van der Waals surface area contributed by atoms with Gasteiger partial charge in [-0.3, -0.25) is 10.1 Å². The minimum absolute atomic E-state index is 0.0573. The molecule has 0 fully saturated rings. The highest BCUT2D eigenvalue weighted by molar-refractivity contribution is 7.99. The van der Waals surface area contributed by atoms with Crippen LogP contribution in [-0.4, -0.2) is 33.6 Å². The van der Waals surface area contributed by atoms with Crippen LogP contribution in [0.4, 0.5) is 5.95 Å². The van der Waals surface area contributed by atoms with Crippen LogP contribution in [0.5, 0.6) is 5.75 Å². The number of benzene rings is 2. The van der Waals surface area contributed by atoms with E-state index < -0.39 is 0 Å². The summed E-state index contributed by atoms with van der Waals surface area (Å²) in [7, 11) is 1.89. The molecule has 0 saturated carbocycles. The molecule has 1 N–H and O–H groups in total. The van der Waals surface area contributed by atoms with E-state index in [1.54, 1.807) is 0 Å². The van der Waals surface area contributed by atoms with Crippen molar-refractivity contribution in [2.24, 2.45) is 7.05 Å². The summed E-state index contributed by atoms with van der Waals surface area (Å²) < 4.78 is 7.48. The highest BCUT2D eigenvalue weighted by atomic mass is 32.2. The summed E-state index contributed by atoms with van der Waals surface area (Å²) in [5, 5.41) is 2.86. The Balaban J connectivity index is 1.43. The van der Waals surface area contributed by atoms with E-state index in [2.05, 4.69) is 10.3 Å². The van der Waals surface area contributed by atoms with Crippen LogP contribution < -0.4 is 10.1 Å². The molecule has 124 valence electrons. The lowest BCUT2D eigenvalue weighted by Crippen LogP contribution is -2.17. The molecule has 3 rings (SSSR count). The average molecular weight is 341 g/mol. The quantitative estimate of drug-likeness (QED) is 0.670. The summed E-state index contributed by atoms with van der Waals surface area (Å²) in [6.07, 6.45) is 0. The molecule has 0 atom stereocenters. The summed E-state index contributed by atoms with van der Waals surface area (Å²) in [6, 6.07) is 17.5. The number of carbonyl (C=O) groups is 1. The van der Waals surface area contributed by atoms with Crippen molar-refractivity contribution >= 4 is 34.7 Å². The molecule has 0 saturated heterocycles. The van der Waals surface area contributed by atoms with Gasteiger partial charge in [0.2, 0.25) is 11.9 Å². The molecule has 0 aliphatic rings. The normalized spacial score (nSPS) is 10.7. The number of carbonyl (C=O) groups excluding carboxylic acids is 1. The van der Waals surface area contributed by atoms with Crippen molar-refractivity contribution in [3.63, 3.8) is 0 Å². The fourth-order valence-electron chi connectivity index (χ4n) is 2.32. The summed E-state index contributed by atoms with van der Waals surface area (Å²) in [5.41, 5.74) is 1.87. The molecule has 1 aromatic heterocycles. The SMILES string of the molecule is Cn1c(NC(=O)CSCCOc2ccccc2)nc2ccccc21. The minimum atomic E-state index is -0.0573. The largest absolute Gasteiger partial charge is 0.493 e. The molecule has 24 heavy (non-hydrogen) atoms. The van der Waals surface area contributed by atoms with Gasteiger partial charge in [0, 0.05) is 12.8 Å². The Labute approximate surface area is 145 Å². The van der Waals surface area contributed by atoms with Gasteiger partial charge < -0.3 is 9.30 Å². The molecule has 0 unspecified atom stereocenters. The Kier molecular flexibility index (Phi) is 5.38. The molecular weight excluding hydrogens is 322 g/mol. The molecule has 0 spiro atoms. The molecule has 0 bridgehead atoms. The van der Waals surface area contributed by atoms with Gasteiger partial charge in [0.15, 0.2) is 0 Å². The van der Waals surface area contributed by atoms with E-state index in [1.807, 2.05) is 66.2 Å². The van der Waals surface area contributed by atoms with Crippen molar-refractivity contribution in [3.05, 3.63) is 54.6 Å². The van der Waals surface area contributed by atoms with Crippen LogP contribution in [0.3, 0.4) is 0 Å². The fourth-order valence-corrected chi connectivity index (χ4v) is 2.92. The standard InChI is InChI=1S/C18H19N3O2S/c1-21-16-10-6-5-9-15(16)19-18(21)20-17(22)13-24-12-11-23-14-7-3-2-4-8-14/h2-10H,11-13H2,1H3,(H,19,20,22). The molecule has 1 amide bonds. The van der Waals surface area contributed by atoms with Crippen LogP contribution in [0.15, 0.2) is 54.6 Å². The molecule has 0 aliphatic carbocycles. The van der Waals surface area contributed by atoms with E-state index in [0.29, 0.717) is 18.3 Å². The Hall–Kier alpha value is -2.47. The third kappa shape index (κ3) is 4.08. The van der Waals surface area contributed by atoms with E-state index in [-0.39, 0.29) is 5.91 Å². The maximum atomic E-state index is 12.0. The lowest BCUT2D eigenvalue weighted by Gasteiger charge is -2.06. The zero-order valence-electron chi connectivity index (χ0n) is 13.4. The van der Waals surface area contributed by atoms with Gasteiger partial charge in [-0.15, -0.1) is 11.8 Å². The first-order valence-electron chi connectivity index (χ1n) is 7.71. The number of thioether (sulfide) groups is 1. The minimum Gasteiger partial charge on any atom is -0.493 e. The molecule has 1 heterocycles. The zero-order chi connectivity index (χ0) is 16.8. The number of imidazole rings is 1. The van der Waals surface area contributed by atoms with E-state index in [1.165, 1.54) is 11.8 Å². The average Bonchev–Trinajstić information content (AvgIpc) is 2.92. The highest BCUT2D eigenvalue weighted by Gasteiger charge is 2.10. The summed E-state index contributed by atoms with van der Waals surface area (Å²) in [4.78, 5) is 16.5. The number of para-hydroxylation sites is 3. The Morgan fingerprint density at radius 3 is 2.71 bits per heavy atom. The Morgan fingerprint density at radius 1 is 1.17 bits per heavy atom. The number of fused-ring (bicyclic) bond motifs is 1. The van der Waals surface area contributed by atoms with Gasteiger partial charge in [-0.2, -0.15) is 0 Å². The molecule has 0 radical (unpaired) electrons. The van der Waals surface area contributed by atoms with Crippen LogP contribution in [0, 0.1) is 0 Å². The van der Waals surface area contributed by atoms with Gasteiger partial charge in [-0.05, 0) is 24.3 Å². The van der Waals surface area contributed by atoms with Crippen molar-refractivity contribution < 1.29 is 9.53 Å². The first kappa shape index (κ1) is 16.4. The van der Waals surface area contributed by atoms with Crippen molar-refractivity contribution in [3.8, 4) is 5.75 Å². The van der Waals surface area contributed by atoms with E-state index in [4.69, 9.17) is 4.74 Å². The number of amides is 1. The predicted molar refractivity (Wildman–Crippen MR) is 98.6 cm³/mol. The Morgan fingerprint density at radius 2 is 1.92 bits per heavy atom. The van der Waals surface area contributed by atoms with Crippen LogP contribution in [-0.2, 0) is 11.8 Å². The highest BCUT2D eigenvalue weighted by Crippen LogP contribution is 2.17. The summed E-state index contributed by atoms with van der Waals surface area (Å²) in [6.45, 7) is 0.578. The van der Waals surface area contributed by atoms with Gasteiger partial charge in [0.25, 0.3) is 0 Å². The van der Waals surface area contributed by atoms with Crippen molar-refractivity contribution in [1.82, 2.24) is 9.55 Å². The lowest BCUT2D eigenvalue weighted by molar-refractivity contribution is -0.113. The van der Waals surface area contributed by atoms with Crippen LogP contribution >= 0.6 is 11.8 Å². The maximum Gasteiger partial charge on any atom is 0.236 e. The second-order valence-corrected chi connectivity index (χ2v) is 6.35. The van der Waals surface area contributed by atoms with E-state index in [9.17, 15) is 4.79 Å². The fraction of sp³-hybridized carbons (Fsp3) is 0.222. The van der Waals surface area contributed by atoms with Crippen molar-refractivity contribution in [2.75, 3.05) is 23.4 Å². The van der Waals surface area contributed by atoms with Crippen molar-refractivity contribution in [1.29, 1.82) is 0 Å². The second kappa shape index (κ2) is 7.88. The second-order valence-electron chi connectivity index (χ2n) is 5.25. The monoisotopic (exact) mass is 341 g/mol. The Bertz CT molecular complexity index is 818. The number of ether oxygens (including phenoxy) is 1. The molecule has 0 aliphatic heterocycles. The predicted octanol–water partition coefficient (Wildman–Crippen LogP) is 3.32. The molecule has 5 nitrogen and oxygen atoms in total. The molecule has 3 aromatic rings. The van der Waals surface area contributed by atoms with Crippen molar-refractivity contribution in [2.45, 2.75) is 0 Å². The molecular formula is C18H19N3O2S.